The van der Waals surface area contributed by atoms with Crippen LogP contribution in [0.15, 0.2) is 60.7 Å². The topological polar surface area (TPSA) is 49.0 Å². The van der Waals surface area contributed by atoms with Crippen molar-refractivity contribution in [3.05, 3.63) is 76.8 Å². The molecule has 0 saturated carbocycles. The van der Waals surface area contributed by atoms with E-state index in [1.54, 1.807) is 0 Å². The Morgan fingerprint density at radius 3 is 2.66 bits per heavy atom. The van der Waals surface area contributed by atoms with E-state index in [1.165, 1.54) is 0 Å². The smallest absolute Gasteiger partial charge is 0.231 e. The summed E-state index contributed by atoms with van der Waals surface area (Å²) in [6, 6.07) is 19.4. The van der Waals surface area contributed by atoms with Gasteiger partial charge in [0.2, 0.25) is 6.79 Å². The minimum absolute atomic E-state index is 0.270. The first-order valence-corrected chi connectivity index (χ1v) is 9.86. The molecule has 0 bridgehead atoms. The van der Waals surface area contributed by atoms with Gasteiger partial charge in [0.25, 0.3) is 0 Å². The molecule has 1 aliphatic heterocycles. The van der Waals surface area contributed by atoms with Crippen molar-refractivity contribution in [1.82, 2.24) is 0 Å². The van der Waals surface area contributed by atoms with E-state index >= 15 is 0 Å². The van der Waals surface area contributed by atoms with Crippen LogP contribution in [0.4, 0.5) is 5.69 Å². The number of nitrogens with one attached hydrogen (secondary N) is 1. The normalized spacial score (nSPS) is 11.9. The fraction of sp³-hybridized carbons (Fsp3) is 0.217. The summed E-state index contributed by atoms with van der Waals surface area (Å²) in [5.41, 5.74) is 2.98. The number of benzene rings is 3. The van der Waals surface area contributed by atoms with Crippen molar-refractivity contribution in [3.63, 3.8) is 0 Å². The third kappa shape index (κ3) is 4.69. The predicted molar refractivity (Wildman–Crippen MR) is 113 cm³/mol. The maximum atomic E-state index is 6.22. The van der Waals surface area contributed by atoms with Gasteiger partial charge in [0.05, 0.1) is 6.61 Å². The minimum Gasteiger partial charge on any atom is -0.490 e. The maximum Gasteiger partial charge on any atom is 0.231 e. The Labute approximate surface area is 175 Å². The molecule has 0 amide bonds. The standard InChI is InChI=1S/C23H22ClNO4/c1-2-26-22-11-16(13-25-18-8-10-21-23(12-18)29-15-28-21)7-9-20(22)27-14-17-5-3-4-6-19(17)24/h3-12,25H,2,13-15H2,1H3. The Morgan fingerprint density at radius 2 is 1.79 bits per heavy atom. The van der Waals surface area contributed by atoms with Crippen molar-refractivity contribution >= 4 is 17.3 Å². The summed E-state index contributed by atoms with van der Waals surface area (Å²) in [5, 5.41) is 4.09. The maximum absolute atomic E-state index is 6.22. The minimum atomic E-state index is 0.270. The molecular formula is C23H22ClNO4. The van der Waals surface area contributed by atoms with Crippen LogP contribution in [-0.2, 0) is 13.2 Å². The summed E-state index contributed by atoms with van der Waals surface area (Å²) in [6.07, 6.45) is 0. The van der Waals surface area contributed by atoms with Gasteiger partial charge in [0, 0.05) is 28.9 Å². The number of anilines is 1. The van der Waals surface area contributed by atoms with Crippen LogP contribution in [-0.4, -0.2) is 13.4 Å². The number of hydrogen-bond acceptors (Lipinski definition) is 5. The fourth-order valence-electron chi connectivity index (χ4n) is 3.03. The highest BCUT2D eigenvalue weighted by Gasteiger charge is 2.13. The summed E-state index contributed by atoms with van der Waals surface area (Å²) in [4.78, 5) is 0. The molecule has 0 aliphatic carbocycles. The Hall–Kier alpha value is -3.05. The lowest BCUT2D eigenvalue weighted by Gasteiger charge is -2.15. The van der Waals surface area contributed by atoms with Crippen molar-refractivity contribution in [2.24, 2.45) is 0 Å². The van der Waals surface area contributed by atoms with Crippen LogP contribution in [0, 0.1) is 0 Å². The quantitative estimate of drug-likeness (QED) is 0.518. The molecule has 1 aliphatic rings. The van der Waals surface area contributed by atoms with Gasteiger partial charge in [-0.2, -0.15) is 0 Å². The second kappa shape index (κ2) is 8.97. The van der Waals surface area contributed by atoms with Crippen molar-refractivity contribution in [2.75, 3.05) is 18.7 Å². The zero-order valence-electron chi connectivity index (χ0n) is 16.1. The van der Waals surface area contributed by atoms with Crippen molar-refractivity contribution in [1.29, 1.82) is 0 Å². The lowest BCUT2D eigenvalue weighted by Crippen LogP contribution is -2.03. The Bertz CT molecular complexity index is 992. The van der Waals surface area contributed by atoms with Crippen LogP contribution in [0.25, 0.3) is 0 Å². The number of halogens is 1. The summed E-state index contributed by atoms with van der Waals surface area (Å²) < 4.78 is 22.5. The van der Waals surface area contributed by atoms with Crippen LogP contribution >= 0.6 is 11.6 Å². The fourth-order valence-corrected chi connectivity index (χ4v) is 3.22. The number of hydrogen-bond donors (Lipinski definition) is 1. The van der Waals surface area contributed by atoms with Crippen molar-refractivity contribution in [3.8, 4) is 23.0 Å². The van der Waals surface area contributed by atoms with Gasteiger partial charge in [0.1, 0.15) is 6.61 Å². The van der Waals surface area contributed by atoms with E-state index in [0.717, 1.165) is 28.3 Å². The van der Waals surface area contributed by atoms with Crippen LogP contribution in [0.5, 0.6) is 23.0 Å². The molecular weight excluding hydrogens is 390 g/mol. The predicted octanol–water partition coefficient (Wildman–Crippen LogP) is 5.66. The highest BCUT2D eigenvalue weighted by atomic mass is 35.5. The van der Waals surface area contributed by atoms with Crippen molar-refractivity contribution in [2.45, 2.75) is 20.1 Å². The Morgan fingerprint density at radius 1 is 0.931 bits per heavy atom. The summed E-state index contributed by atoms with van der Waals surface area (Å²) in [7, 11) is 0. The molecule has 0 fully saturated rings. The molecule has 4 rings (SSSR count). The Balaban J connectivity index is 1.43. The van der Waals surface area contributed by atoms with Crippen LogP contribution in [0.3, 0.4) is 0 Å². The molecule has 29 heavy (non-hydrogen) atoms. The summed E-state index contributed by atoms with van der Waals surface area (Å²) in [6.45, 7) is 3.81. The van der Waals surface area contributed by atoms with Gasteiger partial charge in [-0.15, -0.1) is 0 Å². The molecule has 0 saturated heterocycles. The molecule has 1 N–H and O–H groups in total. The zero-order chi connectivity index (χ0) is 20.1. The van der Waals surface area contributed by atoms with Gasteiger partial charge in [-0.3, -0.25) is 0 Å². The lowest BCUT2D eigenvalue weighted by molar-refractivity contribution is 0.174. The van der Waals surface area contributed by atoms with Gasteiger partial charge in [-0.1, -0.05) is 35.9 Å². The SMILES string of the molecule is CCOc1cc(CNc2ccc3c(c2)OCO3)ccc1OCc1ccccc1Cl. The van der Waals surface area contributed by atoms with Crippen molar-refractivity contribution < 1.29 is 18.9 Å². The molecule has 0 unspecified atom stereocenters. The lowest BCUT2D eigenvalue weighted by atomic mass is 10.2. The van der Waals surface area contributed by atoms with E-state index in [1.807, 2.05) is 67.6 Å². The Kier molecular flexibility index (Phi) is 5.96. The first-order valence-electron chi connectivity index (χ1n) is 9.48. The van der Waals surface area contributed by atoms with E-state index in [4.69, 9.17) is 30.5 Å². The second-order valence-corrected chi connectivity index (χ2v) is 6.92. The van der Waals surface area contributed by atoms with E-state index in [0.29, 0.717) is 36.3 Å². The van der Waals surface area contributed by atoms with Gasteiger partial charge in [-0.25, -0.2) is 0 Å². The van der Waals surface area contributed by atoms with E-state index in [9.17, 15) is 0 Å². The zero-order valence-corrected chi connectivity index (χ0v) is 16.9. The molecule has 0 atom stereocenters. The van der Waals surface area contributed by atoms with Gasteiger partial charge in [0.15, 0.2) is 23.0 Å². The molecule has 0 spiro atoms. The molecule has 0 aromatic heterocycles. The average molecular weight is 412 g/mol. The molecule has 0 radical (unpaired) electrons. The first kappa shape index (κ1) is 19.3. The monoisotopic (exact) mass is 411 g/mol. The molecule has 3 aromatic rings. The van der Waals surface area contributed by atoms with Crippen LogP contribution in [0.2, 0.25) is 5.02 Å². The van der Waals surface area contributed by atoms with Gasteiger partial charge < -0.3 is 24.3 Å². The van der Waals surface area contributed by atoms with Crippen LogP contribution in [0.1, 0.15) is 18.1 Å². The molecule has 6 heteroatoms. The highest BCUT2D eigenvalue weighted by Crippen LogP contribution is 2.35. The van der Waals surface area contributed by atoms with Gasteiger partial charge in [-0.05, 0) is 42.8 Å². The highest BCUT2D eigenvalue weighted by molar-refractivity contribution is 6.31. The third-order valence-corrected chi connectivity index (χ3v) is 4.89. The molecule has 3 aromatic carbocycles. The number of ether oxygens (including phenoxy) is 4. The first-order chi connectivity index (χ1) is 14.2. The van der Waals surface area contributed by atoms with E-state index in [-0.39, 0.29) is 6.79 Å². The van der Waals surface area contributed by atoms with E-state index < -0.39 is 0 Å². The summed E-state index contributed by atoms with van der Waals surface area (Å²) in [5.74, 6) is 2.94. The number of fused-ring (bicyclic) bond motifs is 1. The second-order valence-electron chi connectivity index (χ2n) is 6.52. The van der Waals surface area contributed by atoms with E-state index in [2.05, 4.69) is 5.32 Å². The molecule has 5 nitrogen and oxygen atoms in total. The third-order valence-electron chi connectivity index (χ3n) is 4.52. The summed E-state index contributed by atoms with van der Waals surface area (Å²) >= 11 is 6.22. The average Bonchev–Trinajstić information content (AvgIpc) is 3.21. The van der Waals surface area contributed by atoms with Gasteiger partial charge >= 0.3 is 0 Å². The molecule has 150 valence electrons. The molecule has 1 heterocycles. The largest absolute Gasteiger partial charge is 0.490 e. The number of rotatable bonds is 8. The van der Waals surface area contributed by atoms with Crippen LogP contribution < -0.4 is 24.3 Å².